The van der Waals surface area contributed by atoms with Gasteiger partial charge in [0.25, 0.3) is 11.6 Å². The molecule has 0 bridgehead atoms. The highest BCUT2D eigenvalue weighted by molar-refractivity contribution is 8.18. The normalized spacial score (nSPS) is 18.9. The molecule has 0 atom stereocenters. The molecule has 1 N–H and O–H groups in total. The van der Waals surface area contributed by atoms with Crippen LogP contribution in [0.5, 0.6) is 0 Å². The maximum absolute atomic E-state index is 12.3. The van der Waals surface area contributed by atoms with Crippen LogP contribution in [0.4, 0.5) is 5.69 Å². The smallest absolute Gasteiger partial charge is 0.286 e. The lowest BCUT2D eigenvalue weighted by Gasteiger charge is -2.32. The number of benzene rings is 2. The molecule has 0 radical (unpaired) electrons. The number of rotatable bonds is 4. The Labute approximate surface area is 172 Å². The molecule has 1 saturated heterocycles. The van der Waals surface area contributed by atoms with Crippen molar-refractivity contribution in [1.82, 2.24) is 4.90 Å². The topological polar surface area (TPSA) is 80.2 Å². The number of nitro groups is 1. The Kier molecular flexibility index (Phi) is 5.73. The van der Waals surface area contributed by atoms with E-state index in [0.717, 1.165) is 37.9 Å². The van der Waals surface area contributed by atoms with E-state index >= 15 is 0 Å². The van der Waals surface area contributed by atoms with Gasteiger partial charge in [-0.2, -0.15) is 4.99 Å². The van der Waals surface area contributed by atoms with Crippen molar-refractivity contribution in [2.75, 3.05) is 26.2 Å². The van der Waals surface area contributed by atoms with Gasteiger partial charge in [0.05, 0.1) is 36.0 Å². The van der Waals surface area contributed by atoms with Gasteiger partial charge in [-0.25, -0.2) is 0 Å². The van der Waals surface area contributed by atoms with E-state index < -0.39 is 4.92 Å². The first-order valence-corrected chi connectivity index (χ1v) is 10.3. The Hall–Kier alpha value is -2.97. The largest absolute Gasteiger partial charge is 0.339 e. The predicted octanol–water partition coefficient (Wildman–Crippen LogP) is 1.97. The van der Waals surface area contributed by atoms with Gasteiger partial charge >= 0.3 is 0 Å². The van der Waals surface area contributed by atoms with Crippen molar-refractivity contribution in [3.05, 3.63) is 80.7 Å². The minimum absolute atomic E-state index is 0.00782. The van der Waals surface area contributed by atoms with Crippen LogP contribution in [-0.4, -0.2) is 47.1 Å². The summed E-state index contributed by atoms with van der Waals surface area (Å²) in [4.78, 5) is 31.2. The summed E-state index contributed by atoms with van der Waals surface area (Å²) in [5.41, 5.74) is 1.97. The summed E-state index contributed by atoms with van der Waals surface area (Å²) in [6, 6.07) is 16.7. The Bertz CT molecular complexity index is 982. The number of amidine groups is 1. The number of hydrogen-bond donors (Lipinski definition) is 1. The fourth-order valence-corrected chi connectivity index (χ4v) is 4.45. The highest BCUT2D eigenvalue weighted by Gasteiger charge is 2.29. The molecule has 2 aliphatic rings. The van der Waals surface area contributed by atoms with Gasteiger partial charge in [-0.15, -0.1) is 0 Å². The molecule has 0 saturated carbocycles. The van der Waals surface area contributed by atoms with Crippen LogP contribution in [0, 0.1) is 10.1 Å². The summed E-state index contributed by atoms with van der Waals surface area (Å²) in [5.74, 6) is -0.282. The monoisotopic (exact) mass is 409 g/mol. The van der Waals surface area contributed by atoms with E-state index in [0.29, 0.717) is 10.5 Å². The van der Waals surface area contributed by atoms with Crippen molar-refractivity contribution in [1.29, 1.82) is 0 Å². The van der Waals surface area contributed by atoms with Crippen LogP contribution in [0.25, 0.3) is 6.08 Å². The first kappa shape index (κ1) is 19.4. The number of hydrogen-bond acceptors (Lipinski definition) is 5. The van der Waals surface area contributed by atoms with Gasteiger partial charge in [0.1, 0.15) is 6.54 Å². The number of amides is 1. The van der Waals surface area contributed by atoms with Crippen LogP contribution in [0.2, 0.25) is 0 Å². The number of aliphatic imine (C=N–C) groups is 1. The molecule has 29 heavy (non-hydrogen) atoms. The first-order chi connectivity index (χ1) is 14.1. The number of nitro benzene ring substituents is 1. The fraction of sp³-hybridized carbons (Fsp3) is 0.238. The molecule has 2 aromatic carbocycles. The van der Waals surface area contributed by atoms with Crippen molar-refractivity contribution in [3.63, 3.8) is 0 Å². The summed E-state index contributed by atoms with van der Waals surface area (Å²) >= 11 is 1.35. The number of nitrogens with zero attached hydrogens (tertiary/aromatic N) is 3. The summed E-state index contributed by atoms with van der Waals surface area (Å²) in [5, 5.41) is 11.7. The average molecular weight is 409 g/mol. The molecular formula is C21H21N4O3S+. The van der Waals surface area contributed by atoms with Crippen molar-refractivity contribution in [2.45, 2.75) is 6.54 Å². The van der Waals surface area contributed by atoms with Crippen LogP contribution in [-0.2, 0) is 11.3 Å². The van der Waals surface area contributed by atoms with Crippen molar-refractivity contribution < 1.29 is 14.6 Å². The fourth-order valence-electron chi connectivity index (χ4n) is 3.49. The maximum Gasteiger partial charge on any atom is 0.286 e. The second kappa shape index (κ2) is 8.59. The molecule has 2 heterocycles. The molecule has 4 rings (SSSR count). The van der Waals surface area contributed by atoms with E-state index in [1.165, 1.54) is 34.4 Å². The highest BCUT2D eigenvalue weighted by Crippen LogP contribution is 2.30. The van der Waals surface area contributed by atoms with E-state index in [2.05, 4.69) is 34.2 Å². The lowest BCUT2D eigenvalue weighted by molar-refractivity contribution is -0.917. The van der Waals surface area contributed by atoms with Gasteiger partial charge in [-0.05, 0) is 23.4 Å². The third-order valence-corrected chi connectivity index (χ3v) is 6.07. The number of piperazine rings is 1. The molecule has 0 spiro atoms. The lowest BCUT2D eigenvalue weighted by Crippen LogP contribution is -3.13. The van der Waals surface area contributed by atoms with E-state index in [1.807, 2.05) is 6.07 Å². The van der Waals surface area contributed by atoms with E-state index in [4.69, 9.17) is 0 Å². The molecule has 1 fully saturated rings. The van der Waals surface area contributed by atoms with Crippen LogP contribution in [0.15, 0.2) is 64.5 Å². The predicted molar refractivity (Wildman–Crippen MR) is 114 cm³/mol. The molecule has 2 aromatic rings. The zero-order valence-electron chi connectivity index (χ0n) is 15.8. The highest BCUT2D eigenvalue weighted by atomic mass is 32.2. The van der Waals surface area contributed by atoms with Gasteiger partial charge in [-0.3, -0.25) is 14.9 Å². The van der Waals surface area contributed by atoms with E-state index in [-0.39, 0.29) is 11.6 Å². The van der Waals surface area contributed by atoms with Crippen molar-refractivity contribution in [2.24, 2.45) is 4.99 Å². The van der Waals surface area contributed by atoms with Gasteiger partial charge in [0.15, 0.2) is 5.17 Å². The molecule has 7 nitrogen and oxygen atoms in total. The molecule has 148 valence electrons. The van der Waals surface area contributed by atoms with E-state index in [9.17, 15) is 14.9 Å². The molecule has 2 aliphatic heterocycles. The summed E-state index contributed by atoms with van der Waals surface area (Å²) < 4.78 is 0. The van der Waals surface area contributed by atoms with Gasteiger partial charge in [-0.1, -0.05) is 42.5 Å². The zero-order chi connectivity index (χ0) is 20.2. The average Bonchev–Trinajstić information content (AvgIpc) is 3.10. The van der Waals surface area contributed by atoms with Crippen LogP contribution in [0.1, 0.15) is 11.1 Å². The van der Waals surface area contributed by atoms with Crippen LogP contribution < -0.4 is 4.90 Å². The maximum atomic E-state index is 12.3. The molecular weight excluding hydrogens is 388 g/mol. The van der Waals surface area contributed by atoms with Gasteiger partial charge in [0.2, 0.25) is 0 Å². The minimum atomic E-state index is -0.440. The molecule has 1 amide bonds. The van der Waals surface area contributed by atoms with E-state index in [1.54, 1.807) is 18.2 Å². The Morgan fingerprint density at radius 2 is 1.90 bits per heavy atom. The third-order valence-electron chi connectivity index (χ3n) is 5.03. The van der Waals surface area contributed by atoms with Gasteiger partial charge in [0, 0.05) is 17.7 Å². The van der Waals surface area contributed by atoms with Crippen LogP contribution >= 0.6 is 11.8 Å². The molecule has 0 aliphatic carbocycles. The second-order valence-electron chi connectivity index (χ2n) is 7.06. The number of carbonyl (C=O) groups excluding carboxylic acids is 1. The second-order valence-corrected chi connectivity index (χ2v) is 8.07. The number of nitrogens with one attached hydrogen (secondary N) is 1. The van der Waals surface area contributed by atoms with Crippen molar-refractivity contribution >= 4 is 34.6 Å². The molecule has 8 heteroatoms. The Morgan fingerprint density at radius 1 is 1.14 bits per heavy atom. The van der Waals surface area contributed by atoms with Gasteiger partial charge < -0.3 is 9.80 Å². The first-order valence-electron chi connectivity index (χ1n) is 9.48. The lowest BCUT2D eigenvalue weighted by atomic mass is 10.2. The SMILES string of the molecule is O=C1N=C(N2CC[NH+](Cc3ccccc3)CC2)S/C1=C\c1cccc([N+](=O)[O-])c1. The number of carbonyl (C=O) groups is 1. The molecule has 0 aromatic heterocycles. The molecule has 0 unspecified atom stereocenters. The number of thioether (sulfide) groups is 1. The Morgan fingerprint density at radius 3 is 2.62 bits per heavy atom. The summed E-state index contributed by atoms with van der Waals surface area (Å²) in [6.07, 6.45) is 1.67. The summed E-state index contributed by atoms with van der Waals surface area (Å²) in [7, 11) is 0. The zero-order valence-corrected chi connectivity index (χ0v) is 16.6. The number of quaternary nitrogens is 1. The van der Waals surface area contributed by atoms with Crippen molar-refractivity contribution in [3.8, 4) is 0 Å². The third kappa shape index (κ3) is 4.72. The van der Waals surface area contributed by atoms with Crippen LogP contribution in [0.3, 0.4) is 0 Å². The Balaban J connectivity index is 1.36. The number of non-ortho nitro benzene ring substituents is 1. The standard InChI is InChI=1S/C21H20N4O3S/c26-20-19(14-17-7-4-8-18(13-17)25(27)28)29-21(22-20)24-11-9-23(10-12-24)15-16-5-2-1-3-6-16/h1-8,13-14H,9-12,15H2/p+1/b19-14-. The summed E-state index contributed by atoms with van der Waals surface area (Å²) in [6.45, 7) is 4.70. The quantitative estimate of drug-likeness (QED) is 0.474. The minimum Gasteiger partial charge on any atom is -0.339 e.